The summed E-state index contributed by atoms with van der Waals surface area (Å²) in [6.45, 7) is 0. The van der Waals surface area contributed by atoms with Crippen LogP contribution < -0.4 is 0 Å². The number of rotatable bonds is 6. The highest BCUT2D eigenvalue weighted by Gasteiger charge is 2.17. The van der Waals surface area contributed by atoms with Gasteiger partial charge in [0, 0.05) is 49.4 Å². The molecule has 0 aliphatic heterocycles. The number of thiophene rings is 1. The monoisotopic (exact) mass is 731 g/mol. The Hall–Kier alpha value is -7.14. The number of aromatic nitrogens is 3. The van der Waals surface area contributed by atoms with Gasteiger partial charge in [0.15, 0.2) is 5.82 Å². The van der Waals surface area contributed by atoms with Crippen molar-refractivity contribution < 1.29 is 0 Å². The number of nitrogens with zero attached hydrogens (tertiary/aromatic N) is 3. The van der Waals surface area contributed by atoms with Crippen molar-refractivity contribution in [2.24, 2.45) is 0 Å². The molecule has 11 rings (SSSR count). The van der Waals surface area contributed by atoms with Crippen LogP contribution in [0.25, 0.3) is 104 Å². The van der Waals surface area contributed by atoms with Crippen molar-refractivity contribution in [3.63, 3.8) is 0 Å². The van der Waals surface area contributed by atoms with Gasteiger partial charge in [-0.3, -0.25) is 0 Å². The first-order chi connectivity index (χ1) is 27.7. The molecule has 0 aliphatic carbocycles. The van der Waals surface area contributed by atoms with Crippen LogP contribution in [0.1, 0.15) is 0 Å². The largest absolute Gasteiger partial charge is 0.317 e. The van der Waals surface area contributed by atoms with E-state index in [1.807, 2.05) is 6.07 Å². The minimum absolute atomic E-state index is 0.715. The van der Waals surface area contributed by atoms with Crippen molar-refractivity contribution in [2.75, 3.05) is 0 Å². The molecule has 0 saturated heterocycles. The van der Waals surface area contributed by atoms with Crippen molar-refractivity contribution in [1.29, 1.82) is 0 Å². The van der Waals surface area contributed by atoms with Crippen LogP contribution in [0, 0.1) is 0 Å². The summed E-state index contributed by atoms with van der Waals surface area (Å²) in [4.78, 5) is 10.6. The summed E-state index contributed by atoms with van der Waals surface area (Å²) in [5.41, 5.74) is 13.3. The zero-order chi connectivity index (χ0) is 37.0. The third-order valence-electron chi connectivity index (χ3n) is 10.9. The Bertz CT molecular complexity index is 3240. The smallest absolute Gasteiger partial charge is 0.160 e. The molecule has 0 bridgehead atoms. The molecular weight excluding hydrogens is 699 g/mol. The average molecular weight is 732 g/mol. The van der Waals surface area contributed by atoms with Crippen LogP contribution >= 0.6 is 11.3 Å². The molecule has 3 aromatic heterocycles. The van der Waals surface area contributed by atoms with Crippen molar-refractivity contribution in [3.05, 3.63) is 200 Å². The van der Waals surface area contributed by atoms with Crippen LogP contribution in [0.2, 0.25) is 0 Å². The molecular formula is C52H33N3S. The predicted octanol–water partition coefficient (Wildman–Crippen LogP) is 14.3. The van der Waals surface area contributed by atoms with Gasteiger partial charge in [-0.1, -0.05) is 133 Å². The van der Waals surface area contributed by atoms with E-state index in [2.05, 4.69) is 198 Å². The van der Waals surface area contributed by atoms with Crippen molar-refractivity contribution in [3.8, 4) is 61.7 Å². The van der Waals surface area contributed by atoms with Crippen molar-refractivity contribution >= 4 is 54.0 Å². The molecule has 262 valence electrons. The Morgan fingerprint density at radius 3 is 1.86 bits per heavy atom. The number of hydrogen-bond donors (Lipinski definition) is 0. The first-order valence-electron chi connectivity index (χ1n) is 18.9. The number of benzene rings is 8. The molecule has 11 aromatic rings. The molecule has 3 nitrogen and oxygen atoms in total. The molecule has 8 aromatic carbocycles. The minimum atomic E-state index is 0.715. The van der Waals surface area contributed by atoms with Gasteiger partial charge in [0.05, 0.1) is 16.7 Å². The fraction of sp³-hybridized carbons (Fsp3) is 0. The molecule has 0 saturated carbocycles. The minimum Gasteiger partial charge on any atom is -0.317 e. The lowest BCUT2D eigenvalue weighted by atomic mass is 9.92. The van der Waals surface area contributed by atoms with E-state index in [0.717, 1.165) is 60.9 Å². The molecule has 3 heterocycles. The Kier molecular flexibility index (Phi) is 7.68. The third kappa shape index (κ3) is 5.58. The molecule has 0 N–H and O–H groups in total. The quantitative estimate of drug-likeness (QED) is 0.159. The Morgan fingerprint density at radius 1 is 0.411 bits per heavy atom. The SMILES string of the molecule is c1ccc(-c2nc(-c3cc(-c4ccc5c(-c6ccccc6)csc5c4)cc(-c4ccc5ccn(-c6ccccc6)c5c4)c3)c3ccc4ccccc4c3n2)cc1. The van der Waals surface area contributed by atoms with Gasteiger partial charge in [-0.25, -0.2) is 9.97 Å². The lowest BCUT2D eigenvalue weighted by Crippen LogP contribution is -1.97. The van der Waals surface area contributed by atoms with E-state index in [1.165, 1.54) is 37.7 Å². The van der Waals surface area contributed by atoms with Gasteiger partial charge < -0.3 is 4.57 Å². The standard InChI is InChI=1S/C52H33N3S/c1-4-12-34(13-5-1)47-33-56-49-32-39(23-24-45(47)49)41-28-40(38-21-20-36-26-27-55(48(36)31-38)43-17-8-3-9-18-43)29-42(30-41)50-46-25-22-35-14-10-11-19-44(35)51(46)54-52(53-50)37-15-6-2-7-16-37/h1-33H. The molecule has 0 radical (unpaired) electrons. The summed E-state index contributed by atoms with van der Waals surface area (Å²) >= 11 is 1.80. The molecule has 0 atom stereocenters. The maximum Gasteiger partial charge on any atom is 0.160 e. The molecule has 0 aliphatic rings. The Morgan fingerprint density at radius 2 is 1.05 bits per heavy atom. The molecule has 0 spiro atoms. The first kappa shape index (κ1) is 32.3. The fourth-order valence-electron chi connectivity index (χ4n) is 8.07. The lowest BCUT2D eigenvalue weighted by molar-refractivity contribution is 1.13. The molecule has 0 fully saturated rings. The summed E-state index contributed by atoms with van der Waals surface area (Å²) in [5.74, 6) is 0.715. The van der Waals surface area contributed by atoms with Gasteiger partial charge in [0.1, 0.15) is 0 Å². The van der Waals surface area contributed by atoms with Gasteiger partial charge in [-0.05, 0) is 98.6 Å². The maximum atomic E-state index is 5.39. The van der Waals surface area contributed by atoms with E-state index in [0.29, 0.717) is 5.82 Å². The van der Waals surface area contributed by atoms with Gasteiger partial charge >= 0.3 is 0 Å². The highest BCUT2D eigenvalue weighted by molar-refractivity contribution is 7.17. The van der Waals surface area contributed by atoms with E-state index in [1.54, 1.807) is 11.3 Å². The topological polar surface area (TPSA) is 30.7 Å². The summed E-state index contributed by atoms with van der Waals surface area (Å²) < 4.78 is 3.54. The predicted molar refractivity (Wildman–Crippen MR) is 236 cm³/mol. The second-order valence-corrected chi connectivity index (χ2v) is 15.2. The van der Waals surface area contributed by atoms with Crippen molar-refractivity contribution in [1.82, 2.24) is 14.5 Å². The summed E-state index contributed by atoms with van der Waals surface area (Å²) in [5, 5.41) is 8.06. The van der Waals surface area contributed by atoms with E-state index >= 15 is 0 Å². The van der Waals surface area contributed by atoms with Crippen LogP contribution in [0.15, 0.2) is 200 Å². The van der Waals surface area contributed by atoms with E-state index in [9.17, 15) is 0 Å². The first-order valence-corrected chi connectivity index (χ1v) is 19.8. The van der Waals surface area contributed by atoms with Gasteiger partial charge in [-0.15, -0.1) is 11.3 Å². The molecule has 0 unspecified atom stereocenters. The average Bonchev–Trinajstić information content (AvgIpc) is 3.91. The second-order valence-electron chi connectivity index (χ2n) is 14.3. The maximum absolute atomic E-state index is 5.39. The Balaban J connectivity index is 1.15. The van der Waals surface area contributed by atoms with Crippen LogP contribution in [0.4, 0.5) is 0 Å². The van der Waals surface area contributed by atoms with Crippen molar-refractivity contribution in [2.45, 2.75) is 0 Å². The summed E-state index contributed by atoms with van der Waals surface area (Å²) in [6, 6.07) is 67.3. The van der Waals surface area contributed by atoms with Crippen LogP contribution in [0.5, 0.6) is 0 Å². The molecule has 0 amide bonds. The Labute approximate surface area is 328 Å². The van der Waals surface area contributed by atoms with E-state index in [-0.39, 0.29) is 0 Å². The van der Waals surface area contributed by atoms with Crippen LogP contribution in [-0.4, -0.2) is 14.5 Å². The fourth-order valence-corrected chi connectivity index (χ4v) is 9.08. The van der Waals surface area contributed by atoms with Crippen LogP contribution in [0.3, 0.4) is 0 Å². The van der Waals surface area contributed by atoms with Gasteiger partial charge in [0.25, 0.3) is 0 Å². The molecule has 4 heteroatoms. The number of para-hydroxylation sites is 1. The highest BCUT2D eigenvalue weighted by Crippen LogP contribution is 2.41. The van der Waals surface area contributed by atoms with Gasteiger partial charge in [-0.2, -0.15) is 0 Å². The highest BCUT2D eigenvalue weighted by atomic mass is 32.1. The zero-order valence-corrected chi connectivity index (χ0v) is 31.1. The summed E-state index contributed by atoms with van der Waals surface area (Å²) in [6.07, 6.45) is 2.16. The number of hydrogen-bond acceptors (Lipinski definition) is 3. The number of fused-ring (bicyclic) bond motifs is 5. The third-order valence-corrected chi connectivity index (χ3v) is 11.8. The summed E-state index contributed by atoms with van der Waals surface area (Å²) in [7, 11) is 0. The lowest BCUT2D eigenvalue weighted by Gasteiger charge is -2.15. The van der Waals surface area contributed by atoms with E-state index in [4.69, 9.17) is 9.97 Å². The zero-order valence-electron chi connectivity index (χ0n) is 30.3. The van der Waals surface area contributed by atoms with Gasteiger partial charge in [0.2, 0.25) is 0 Å². The molecule has 56 heavy (non-hydrogen) atoms. The normalized spacial score (nSPS) is 11.6. The van der Waals surface area contributed by atoms with E-state index < -0.39 is 0 Å². The second kappa shape index (κ2) is 13.3. The van der Waals surface area contributed by atoms with Crippen LogP contribution in [-0.2, 0) is 0 Å².